The summed E-state index contributed by atoms with van der Waals surface area (Å²) < 4.78 is 11.6. The van der Waals surface area contributed by atoms with E-state index in [-0.39, 0.29) is 0 Å². The van der Waals surface area contributed by atoms with Crippen molar-refractivity contribution in [1.82, 2.24) is 9.80 Å². The highest BCUT2D eigenvalue weighted by Crippen LogP contribution is 2.29. The summed E-state index contributed by atoms with van der Waals surface area (Å²) in [5, 5.41) is 0. The van der Waals surface area contributed by atoms with Gasteiger partial charge in [0.15, 0.2) is 11.5 Å². The minimum atomic E-state index is 0.522. The number of thiocarbonyl (C=S) groups is 1. The molecule has 1 aromatic rings. The van der Waals surface area contributed by atoms with Crippen molar-refractivity contribution in [2.75, 3.05) is 26.8 Å². The molecule has 0 aromatic heterocycles. The van der Waals surface area contributed by atoms with Crippen molar-refractivity contribution in [2.24, 2.45) is 0 Å². The highest BCUT2D eigenvalue weighted by atomic mass is 32.2. The number of benzene rings is 1. The van der Waals surface area contributed by atoms with Gasteiger partial charge in [0.05, 0.1) is 26.8 Å². The minimum absolute atomic E-state index is 0.522. The molecule has 0 N–H and O–H groups in total. The molecule has 1 aromatic carbocycles. The molecule has 1 fully saturated rings. The number of nitrogens with zero attached hydrogens (tertiary/aromatic N) is 2. The van der Waals surface area contributed by atoms with Gasteiger partial charge in [-0.1, -0.05) is 30.0 Å². The topological polar surface area (TPSA) is 24.9 Å². The smallest absolute Gasteiger partial charge is 0.161 e. The summed E-state index contributed by atoms with van der Waals surface area (Å²) in [4.78, 5) is 4.63. The van der Waals surface area contributed by atoms with Crippen LogP contribution in [0.3, 0.4) is 0 Å². The zero-order valence-corrected chi connectivity index (χ0v) is 14.6. The third kappa shape index (κ3) is 4.02. The fourth-order valence-corrected chi connectivity index (χ4v) is 3.41. The Hall–Kier alpha value is -0.980. The van der Waals surface area contributed by atoms with Gasteiger partial charge in [0.25, 0.3) is 0 Å². The molecule has 0 radical (unpaired) electrons. The fraction of sp³-hybridized carbons (Fsp3) is 0.533. The van der Waals surface area contributed by atoms with E-state index in [1.54, 1.807) is 26.0 Å². The Labute approximate surface area is 136 Å². The van der Waals surface area contributed by atoms with Crippen LogP contribution in [0.1, 0.15) is 19.4 Å². The van der Waals surface area contributed by atoms with Crippen LogP contribution in [0.15, 0.2) is 18.2 Å². The number of thioether (sulfide) groups is 1. The summed E-state index contributed by atoms with van der Waals surface area (Å²) in [5.41, 5.74) is 1.17. The Morgan fingerprint density at radius 3 is 2.57 bits per heavy atom. The first-order chi connectivity index (χ1) is 10.0. The summed E-state index contributed by atoms with van der Waals surface area (Å²) in [6.45, 7) is 6.08. The molecule has 0 amide bonds. The molecule has 6 heteroatoms. The van der Waals surface area contributed by atoms with E-state index in [0.29, 0.717) is 6.04 Å². The summed E-state index contributed by atoms with van der Waals surface area (Å²) in [5.74, 6) is 2.48. The molecule has 0 spiro atoms. The van der Waals surface area contributed by atoms with Crippen molar-refractivity contribution in [3.8, 4) is 11.5 Å². The Morgan fingerprint density at radius 1 is 1.24 bits per heavy atom. The summed E-state index contributed by atoms with van der Waals surface area (Å²) in [7, 11) is 3.30. The second kappa shape index (κ2) is 7.33. The Kier molecular flexibility index (Phi) is 5.72. The molecule has 0 unspecified atom stereocenters. The normalized spacial score (nSPS) is 16.4. The predicted molar refractivity (Wildman–Crippen MR) is 92.0 cm³/mol. The molecule has 0 bridgehead atoms. The molecule has 0 saturated carbocycles. The lowest BCUT2D eigenvalue weighted by atomic mass is 10.2. The minimum Gasteiger partial charge on any atom is -0.493 e. The molecule has 116 valence electrons. The van der Waals surface area contributed by atoms with Crippen LogP contribution >= 0.6 is 24.0 Å². The van der Waals surface area contributed by atoms with Crippen LogP contribution in [-0.2, 0) is 6.54 Å². The number of methoxy groups -OCH3 is 2. The summed E-state index contributed by atoms with van der Waals surface area (Å²) >= 11 is 7.21. The first-order valence-corrected chi connectivity index (χ1v) is 8.31. The molecule has 2 rings (SSSR count). The van der Waals surface area contributed by atoms with Gasteiger partial charge in [0.2, 0.25) is 0 Å². The van der Waals surface area contributed by atoms with Gasteiger partial charge < -0.3 is 14.4 Å². The largest absolute Gasteiger partial charge is 0.493 e. The van der Waals surface area contributed by atoms with Gasteiger partial charge in [0.1, 0.15) is 4.32 Å². The van der Waals surface area contributed by atoms with Gasteiger partial charge in [-0.3, -0.25) is 4.90 Å². The average molecular weight is 326 g/mol. The van der Waals surface area contributed by atoms with E-state index in [1.165, 1.54) is 5.56 Å². The van der Waals surface area contributed by atoms with Crippen molar-refractivity contribution in [3.05, 3.63) is 23.8 Å². The molecule has 1 aliphatic heterocycles. The monoisotopic (exact) mass is 326 g/mol. The van der Waals surface area contributed by atoms with Crippen LogP contribution in [0.4, 0.5) is 0 Å². The lowest BCUT2D eigenvalue weighted by molar-refractivity contribution is 0.171. The molecule has 1 saturated heterocycles. The third-order valence-corrected chi connectivity index (χ3v) is 5.09. The van der Waals surface area contributed by atoms with Crippen molar-refractivity contribution < 1.29 is 9.47 Å². The van der Waals surface area contributed by atoms with E-state index in [0.717, 1.165) is 34.9 Å². The maximum Gasteiger partial charge on any atom is 0.161 e. The highest BCUT2D eigenvalue weighted by molar-refractivity contribution is 8.22. The average Bonchev–Trinajstić information content (AvgIpc) is 2.49. The van der Waals surface area contributed by atoms with Crippen LogP contribution < -0.4 is 9.47 Å². The number of hydrogen-bond donors (Lipinski definition) is 0. The Bertz CT molecular complexity index is 508. The molecular formula is C15H22N2O2S2. The number of hydrogen-bond acceptors (Lipinski definition) is 5. The second-order valence-corrected chi connectivity index (χ2v) is 6.83. The number of rotatable bonds is 5. The summed E-state index contributed by atoms with van der Waals surface area (Å²) in [6, 6.07) is 6.53. The molecule has 1 heterocycles. The first kappa shape index (κ1) is 16.4. The van der Waals surface area contributed by atoms with E-state index in [2.05, 4.69) is 29.7 Å². The van der Waals surface area contributed by atoms with Crippen LogP contribution in [0.2, 0.25) is 0 Å². The maximum atomic E-state index is 5.48. The zero-order chi connectivity index (χ0) is 15.4. The van der Waals surface area contributed by atoms with Crippen molar-refractivity contribution in [1.29, 1.82) is 0 Å². The van der Waals surface area contributed by atoms with E-state index in [4.69, 9.17) is 21.7 Å². The first-order valence-electron chi connectivity index (χ1n) is 6.91. The van der Waals surface area contributed by atoms with Gasteiger partial charge in [-0.2, -0.15) is 0 Å². The lowest BCUT2D eigenvalue weighted by Gasteiger charge is -2.38. The lowest BCUT2D eigenvalue weighted by Crippen LogP contribution is -2.47. The maximum absolute atomic E-state index is 5.48. The van der Waals surface area contributed by atoms with E-state index >= 15 is 0 Å². The van der Waals surface area contributed by atoms with Crippen LogP contribution in [-0.4, -0.2) is 46.9 Å². The Balaban J connectivity index is 2.11. The quantitative estimate of drug-likeness (QED) is 0.771. The predicted octanol–water partition coefficient (Wildman–Crippen LogP) is 3.16. The van der Waals surface area contributed by atoms with Gasteiger partial charge in [0, 0.05) is 12.6 Å². The number of ether oxygens (including phenoxy) is 2. The van der Waals surface area contributed by atoms with Gasteiger partial charge in [-0.05, 0) is 31.5 Å². The zero-order valence-electron chi connectivity index (χ0n) is 13.0. The third-order valence-electron chi connectivity index (χ3n) is 3.52. The van der Waals surface area contributed by atoms with E-state index in [9.17, 15) is 0 Å². The summed E-state index contributed by atoms with van der Waals surface area (Å²) in [6.07, 6.45) is 0. The van der Waals surface area contributed by atoms with Crippen molar-refractivity contribution in [2.45, 2.75) is 26.4 Å². The molecule has 4 nitrogen and oxygen atoms in total. The van der Waals surface area contributed by atoms with Crippen LogP contribution in [0.25, 0.3) is 0 Å². The molecular weight excluding hydrogens is 304 g/mol. The fourth-order valence-electron chi connectivity index (χ4n) is 2.17. The molecule has 0 aliphatic carbocycles. The van der Waals surface area contributed by atoms with Gasteiger partial charge in [-0.15, -0.1) is 0 Å². The second-order valence-electron chi connectivity index (χ2n) is 5.25. The van der Waals surface area contributed by atoms with Crippen molar-refractivity contribution in [3.63, 3.8) is 0 Å². The van der Waals surface area contributed by atoms with Gasteiger partial charge in [-0.25, -0.2) is 0 Å². The molecule has 0 atom stereocenters. The van der Waals surface area contributed by atoms with Crippen LogP contribution in [0.5, 0.6) is 11.5 Å². The van der Waals surface area contributed by atoms with E-state index in [1.807, 2.05) is 12.1 Å². The molecule has 1 aliphatic rings. The van der Waals surface area contributed by atoms with Crippen molar-refractivity contribution >= 4 is 28.3 Å². The molecule has 21 heavy (non-hydrogen) atoms. The van der Waals surface area contributed by atoms with Crippen LogP contribution in [0, 0.1) is 0 Å². The van der Waals surface area contributed by atoms with Gasteiger partial charge >= 0.3 is 0 Å². The SMILES string of the molecule is COc1ccc(CN2CN(C(C)C)CSC2=S)cc1OC. The standard InChI is InChI=1S/C15H22N2O2S2/c1-11(2)17-9-16(15(20)21-10-17)8-12-5-6-13(18-3)14(7-12)19-4/h5-7,11H,8-10H2,1-4H3. The van der Waals surface area contributed by atoms with E-state index < -0.39 is 0 Å². The Morgan fingerprint density at radius 2 is 1.95 bits per heavy atom. The highest BCUT2D eigenvalue weighted by Gasteiger charge is 2.23.